The lowest BCUT2D eigenvalue weighted by Gasteiger charge is -2.55. The molecule has 1 aromatic heterocycles. The highest BCUT2D eigenvalue weighted by Gasteiger charge is 2.48. The largest absolute Gasteiger partial charge is 0.768 e. The number of benzene rings is 2. The van der Waals surface area contributed by atoms with Crippen molar-refractivity contribution in [3.05, 3.63) is 53.8 Å². The Hall–Kier alpha value is -2.60. The van der Waals surface area contributed by atoms with E-state index in [0.29, 0.717) is 22.4 Å². The lowest BCUT2D eigenvalue weighted by molar-refractivity contribution is -1.08. The van der Waals surface area contributed by atoms with E-state index < -0.39 is 29.7 Å². The summed E-state index contributed by atoms with van der Waals surface area (Å²) in [7, 11) is -8.94. The molecule has 3 aliphatic rings. The maximum atomic E-state index is 13.8. The topological polar surface area (TPSA) is 156 Å². The Morgan fingerprint density at radius 3 is 2.36 bits per heavy atom. The fourth-order valence-corrected chi connectivity index (χ4v) is 9.60. The molecular weight excluding hydrogens is 604 g/mol. The van der Waals surface area contributed by atoms with Gasteiger partial charge in [0.1, 0.15) is 80.0 Å². The highest BCUT2D eigenvalue weighted by atomic mass is 32.2. The van der Waals surface area contributed by atoms with Crippen LogP contribution in [0.3, 0.4) is 0 Å². The third-order valence-electron chi connectivity index (χ3n) is 8.35. The smallest absolute Gasteiger partial charge is 0.250 e. The standard InChI is InChI=1S/C27H34FN5O6PS2/c28-25-18-24(3-2-21(25)19-30)39-40(34,35)20-31-42(36,37)27-17-22-16-23(4-5-26(22)41-27)38-15-14-33-11-8-32(9-12-33,10-13-33)7-1-6-29/h2-5,16-18,31H,1,6-15,20,29H2/q+1/p+1. The van der Waals surface area contributed by atoms with Crippen LogP contribution in [0.2, 0.25) is 0 Å². The number of quaternary nitrogens is 3. The van der Waals surface area contributed by atoms with Crippen molar-refractivity contribution < 1.29 is 46.2 Å². The average Bonchev–Trinajstić information content (AvgIpc) is 3.41. The van der Waals surface area contributed by atoms with Gasteiger partial charge in [-0.1, -0.05) is 0 Å². The van der Waals surface area contributed by atoms with Crippen molar-refractivity contribution in [1.82, 2.24) is 4.72 Å². The van der Waals surface area contributed by atoms with Gasteiger partial charge in [0.2, 0.25) is 0 Å². The van der Waals surface area contributed by atoms with Crippen LogP contribution in [0.4, 0.5) is 4.39 Å². The molecule has 11 nitrogen and oxygen atoms in total. The second kappa shape index (κ2) is 12.2. The molecule has 3 aliphatic heterocycles. The van der Waals surface area contributed by atoms with E-state index >= 15 is 0 Å². The number of ether oxygens (including phenoxy) is 1. The van der Waals surface area contributed by atoms with Gasteiger partial charge in [-0.05, 0) is 41.8 Å². The van der Waals surface area contributed by atoms with Crippen LogP contribution >= 0.6 is 18.9 Å². The summed E-state index contributed by atoms with van der Waals surface area (Å²) in [5, 5.41) is 9.46. The van der Waals surface area contributed by atoms with Crippen LogP contribution in [0.25, 0.3) is 10.1 Å². The van der Waals surface area contributed by atoms with E-state index in [0.717, 1.165) is 47.1 Å². The normalized spacial score (nSPS) is 23.4. The fourth-order valence-electron chi connectivity index (χ4n) is 5.71. The van der Waals surface area contributed by atoms with E-state index in [1.165, 1.54) is 62.8 Å². The van der Waals surface area contributed by atoms with Crippen molar-refractivity contribution in [1.29, 1.82) is 5.26 Å². The van der Waals surface area contributed by atoms with Gasteiger partial charge >= 0.3 is 0 Å². The summed E-state index contributed by atoms with van der Waals surface area (Å²) >= 11 is 1.01. The van der Waals surface area contributed by atoms with Gasteiger partial charge in [0.15, 0.2) is 7.60 Å². The molecule has 0 saturated carbocycles. The van der Waals surface area contributed by atoms with E-state index in [4.69, 9.17) is 14.5 Å². The number of nitrogens with one attached hydrogen (secondary N) is 1. The molecule has 226 valence electrons. The van der Waals surface area contributed by atoms with E-state index in [2.05, 4.69) is 5.73 Å². The molecule has 0 radical (unpaired) electrons. The molecule has 4 heterocycles. The highest BCUT2D eigenvalue weighted by Crippen LogP contribution is 2.39. The van der Waals surface area contributed by atoms with Gasteiger partial charge in [0.25, 0.3) is 10.0 Å². The van der Waals surface area contributed by atoms with Crippen LogP contribution in [0.1, 0.15) is 12.0 Å². The predicted molar refractivity (Wildman–Crippen MR) is 154 cm³/mol. The van der Waals surface area contributed by atoms with Gasteiger partial charge < -0.3 is 28.9 Å². The minimum absolute atomic E-state index is 0.0560. The van der Waals surface area contributed by atoms with Crippen molar-refractivity contribution >= 4 is 39.0 Å². The Balaban J connectivity index is 1.16. The first-order valence-electron chi connectivity index (χ1n) is 13.8. The molecule has 3 saturated heterocycles. The number of halogens is 1. The second-order valence-corrected chi connectivity index (χ2v) is 15.9. The van der Waals surface area contributed by atoms with E-state index in [-0.39, 0.29) is 15.5 Å². The molecule has 0 aliphatic carbocycles. The maximum absolute atomic E-state index is 13.8. The van der Waals surface area contributed by atoms with Gasteiger partial charge in [-0.3, -0.25) is 4.57 Å². The maximum Gasteiger partial charge on any atom is 0.250 e. The van der Waals surface area contributed by atoms with Crippen molar-refractivity contribution in [2.75, 3.05) is 71.8 Å². The predicted octanol–water partition coefficient (Wildman–Crippen LogP) is 1.45. The number of hydrogen-bond acceptors (Lipinski definition) is 8. The summed E-state index contributed by atoms with van der Waals surface area (Å²) in [6.45, 7) is 10.9. The molecular formula is C27H35FN5O6PS2+2. The molecule has 6 rings (SSSR count). The summed E-state index contributed by atoms with van der Waals surface area (Å²) in [6, 6.07) is 11.4. The van der Waals surface area contributed by atoms with Crippen molar-refractivity contribution in [2.45, 2.75) is 10.6 Å². The van der Waals surface area contributed by atoms with Crippen molar-refractivity contribution in [3.8, 4) is 17.6 Å². The number of rotatable bonds is 13. The summed E-state index contributed by atoms with van der Waals surface area (Å²) in [5.41, 5.74) is 3.72. The Morgan fingerprint density at radius 1 is 1.05 bits per heavy atom. The Morgan fingerprint density at radius 2 is 1.71 bits per heavy atom. The lowest BCUT2D eigenvalue weighted by atomic mass is 10.1. The van der Waals surface area contributed by atoms with Crippen LogP contribution in [0, 0.1) is 17.1 Å². The van der Waals surface area contributed by atoms with Crippen LogP contribution in [0.5, 0.6) is 11.5 Å². The van der Waals surface area contributed by atoms with Crippen molar-refractivity contribution in [3.63, 3.8) is 0 Å². The molecule has 15 heteroatoms. The third kappa shape index (κ3) is 6.96. The van der Waals surface area contributed by atoms with Crippen LogP contribution < -0.4 is 24.6 Å². The Bertz CT molecular complexity index is 1640. The fraction of sp³-hybridized carbons (Fsp3) is 0.444. The van der Waals surface area contributed by atoms with E-state index in [9.17, 15) is 22.3 Å². The molecule has 42 heavy (non-hydrogen) atoms. The molecule has 2 bridgehead atoms. The lowest BCUT2D eigenvalue weighted by Crippen LogP contribution is -2.75. The number of nitriles is 1. The van der Waals surface area contributed by atoms with Crippen LogP contribution in [-0.4, -0.2) is 89.2 Å². The molecule has 1 unspecified atom stereocenters. The number of thiophene rings is 1. The first-order valence-corrected chi connectivity index (χ1v) is 17.8. The van der Waals surface area contributed by atoms with E-state index in [1.54, 1.807) is 18.2 Å². The van der Waals surface area contributed by atoms with Crippen LogP contribution in [0.15, 0.2) is 46.7 Å². The first kappa shape index (κ1) is 30.8. The SMILES string of the molecule is N#Cc1ccc(OP(=O)([O-])CNS(=O)(=O)c2cc3cc(OCC[N+]45CC[N+](CCC[NH3+])(CC4)CC5)ccc3s2)cc1F. The zero-order valence-corrected chi connectivity index (χ0v) is 25.7. The molecule has 0 amide bonds. The molecule has 3 fully saturated rings. The van der Waals surface area contributed by atoms with Gasteiger partial charge in [-0.15, -0.1) is 11.3 Å². The molecule has 1 atom stereocenters. The molecule has 4 N–H and O–H groups in total. The summed E-state index contributed by atoms with van der Waals surface area (Å²) in [4.78, 5) is 12.4. The summed E-state index contributed by atoms with van der Waals surface area (Å²) < 4.78 is 67.8. The van der Waals surface area contributed by atoms with Gasteiger partial charge in [-0.2, -0.15) is 5.26 Å². The number of nitrogens with zero attached hydrogens (tertiary/aromatic N) is 3. The molecule has 3 aromatic rings. The Kier molecular flexibility index (Phi) is 8.95. The number of hydrogen-bond donors (Lipinski definition) is 2. The summed E-state index contributed by atoms with van der Waals surface area (Å²) in [5.74, 6) is -0.657. The Labute approximate surface area is 248 Å². The monoisotopic (exact) mass is 639 g/mol. The second-order valence-electron chi connectivity index (χ2n) is 11.1. The number of sulfonamides is 1. The third-order valence-corrected chi connectivity index (χ3v) is 12.6. The first-order chi connectivity index (χ1) is 20.0. The van der Waals surface area contributed by atoms with E-state index in [1.807, 2.05) is 10.8 Å². The quantitative estimate of drug-likeness (QED) is 0.212. The molecule has 0 spiro atoms. The van der Waals surface area contributed by atoms with Gasteiger partial charge in [0.05, 0.1) is 24.9 Å². The van der Waals surface area contributed by atoms with Gasteiger partial charge in [-0.25, -0.2) is 17.5 Å². The highest BCUT2D eigenvalue weighted by molar-refractivity contribution is 7.92. The minimum Gasteiger partial charge on any atom is -0.768 e. The van der Waals surface area contributed by atoms with Crippen molar-refractivity contribution in [2.24, 2.45) is 0 Å². The number of piperazine rings is 3. The van der Waals surface area contributed by atoms with Gasteiger partial charge in [0, 0.05) is 17.2 Å². The zero-order valence-electron chi connectivity index (χ0n) is 23.2. The average molecular weight is 640 g/mol. The zero-order chi connectivity index (χ0) is 30.0. The minimum atomic E-state index is -4.77. The van der Waals surface area contributed by atoms with Crippen LogP contribution in [-0.2, 0) is 14.6 Å². The molecule has 2 aromatic carbocycles. The number of fused-ring (bicyclic) bond motifs is 4. The summed E-state index contributed by atoms with van der Waals surface area (Å²) in [6.07, 6.45) is 0.151.